The van der Waals surface area contributed by atoms with E-state index < -0.39 is 0 Å². The van der Waals surface area contributed by atoms with Gasteiger partial charge in [-0.2, -0.15) is 0 Å². The Morgan fingerprint density at radius 2 is 1.71 bits per heavy atom. The minimum Gasteiger partial charge on any atom is -0.372 e. The summed E-state index contributed by atoms with van der Waals surface area (Å²) in [6.07, 6.45) is 5.21. The van der Waals surface area contributed by atoms with Crippen molar-refractivity contribution < 1.29 is 4.74 Å². The number of ether oxygens (including phenoxy) is 1. The van der Waals surface area contributed by atoms with Gasteiger partial charge in [0, 0.05) is 12.6 Å². The molecule has 0 bridgehead atoms. The Bertz CT molecular complexity index is 241. The first-order valence-electron chi connectivity index (χ1n) is 7.42. The molecule has 1 saturated heterocycles. The minimum atomic E-state index is 0.151. The number of rotatable bonds is 2. The lowest BCUT2D eigenvalue weighted by Gasteiger charge is -2.50. The number of morpholine rings is 1. The number of hydrogen-bond donors (Lipinski definition) is 1. The molecular formula is C15H29NO. The molecule has 1 spiro atoms. The van der Waals surface area contributed by atoms with Crippen molar-refractivity contribution in [2.24, 2.45) is 17.8 Å². The third kappa shape index (κ3) is 2.68. The highest BCUT2D eigenvalue weighted by atomic mass is 16.5. The first-order valence-corrected chi connectivity index (χ1v) is 7.42. The molecule has 0 aromatic heterocycles. The zero-order valence-electron chi connectivity index (χ0n) is 12.0. The molecule has 1 N–H and O–H groups in total. The Morgan fingerprint density at radius 1 is 1.06 bits per heavy atom. The lowest BCUT2D eigenvalue weighted by molar-refractivity contribution is -0.135. The summed E-state index contributed by atoms with van der Waals surface area (Å²) >= 11 is 0. The molecule has 100 valence electrons. The molecule has 1 unspecified atom stereocenters. The van der Waals surface area contributed by atoms with E-state index in [0.717, 1.165) is 25.0 Å². The van der Waals surface area contributed by atoms with E-state index in [4.69, 9.17) is 4.74 Å². The zero-order chi connectivity index (χ0) is 12.5. The maximum absolute atomic E-state index is 6.25. The quantitative estimate of drug-likeness (QED) is 0.799. The number of nitrogens with one attached hydrogen (secondary N) is 1. The van der Waals surface area contributed by atoms with E-state index in [1.807, 2.05) is 0 Å². The lowest BCUT2D eigenvalue weighted by Crippen LogP contribution is -2.61. The highest BCUT2D eigenvalue weighted by Crippen LogP contribution is 2.42. The largest absolute Gasteiger partial charge is 0.372 e. The fraction of sp³-hybridized carbons (Fsp3) is 1.00. The van der Waals surface area contributed by atoms with E-state index in [1.54, 1.807) is 0 Å². The molecule has 2 aliphatic rings. The van der Waals surface area contributed by atoms with Crippen LogP contribution in [0.15, 0.2) is 0 Å². The van der Waals surface area contributed by atoms with Crippen LogP contribution >= 0.6 is 0 Å². The van der Waals surface area contributed by atoms with Crippen LogP contribution in [0.25, 0.3) is 0 Å². The Balaban J connectivity index is 2.03. The van der Waals surface area contributed by atoms with E-state index in [2.05, 4.69) is 33.0 Å². The van der Waals surface area contributed by atoms with Gasteiger partial charge >= 0.3 is 0 Å². The second-order valence-electron chi connectivity index (χ2n) is 6.67. The molecule has 0 amide bonds. The van der Waals surface area contributed by atoms with E-state index in [0.29, 0.717) is 12.0 Å². The van der Waals surface area contributed by atoms with Crippen LogP contribution in [0.5, 0.6) is 0 Å². The molecule has 17 heavy (non-hydrogen) atoms. The Kier molecular flexibility index (Phi) is 4.14. The third-order valence-corrected chi connectivity index (χ3v) is 4.91. The fourth-order valence-corrected chi connectivity index (χ4v) is 3.84. The smallest absolute Gasteiger partial charge is 0.0838 e. The zero-order valence-corrected chi connectivity index (χ0v) is 12.0. The van der Waals surface area contributed by atoms with E-state index in [9.17, 15) is 0 Å². The van der Waals surface area contributed by atoms with Gasteiger partial charge < -0.3 is 10.1 Å². The highest BCUT2D eigenvalue weighted by Gasteiger charge is 2.45. The van der Waals surface area contributed by atoms with Gasteiger partial charge in [-0.15, -0.1) is 0 Å². The van der Waals surface area contributed by atoms with Gasteiger partial charge in [-0.1, -0.05) is 27.7 Å². The molecule has 2 heteroatoms. The predicted octanol–water partition coefficient (Wildman–Crippen LogP) is 3.22. The third-order valence-electron chi connectivity index (χ3n) is 4.91. The monoisotopic (exact) mass is 239 g/mol. The highest BCUT2D eigenvalue weighted by molar-refractivity contribution is 5.00. The van der Waals surface area contributed by atoms with Gasteiger partial charge in [0.1, 0.15) is 0 Å². The van der Waals surface area contributed by atoms with Gasteiger partial charge in [0.15, 0.2) is 0 Å². The van der Waals surface area contributed by atoms with Crippen LogP contribution in [0, 0.1) is 17.8 Å². The van der Waals surface area contributed by atoms with Crippen LogP contribution in [-0.2, 0) is 4.74 Å². The van der Waals surface area contributed by atoms with Crippen molar-refractivity contribution >= 4 is 0 Å². The second kappa shape index (κ2) is 5.27. The fourth-order valence-electron chi connectivity index (χ4n) is 3.84. The first-order chi connectivity index (χ1) is 8.05. The van der Waals surface area contributed by atoms with Gasteiger partial charge in [0.05, 0.1) is 12.2 Å². The first kappa shape index (κ1) is 13.4. The summed E-state index contributed by atoms with van der Waals surface area (Å²) < 4.78 is 6.25. The van der Waals surface area contributed by atoms with Crippen LogP contribution in [0.1, 0.15) is 53.4 Å². The van der Waals surface area contributed by atoms with Crippen molar-refractivity contribution in [1.82, 2.24) is 5.32 Å². The molecule has 2 nitrogen and oxygen atoms in total. The molecule has 0 radical (unpaired) electrons. The molecule has 1 aliphatic carbocycles. The Labute approximate surface area is 107 Å². The topological polar surface area (TPSA) is 21.3 Å². The molecular weight excluding hydrogens is 210 g/mol. The molecule has 0 aromatic carbocycles. The van der Waals surface area contributed by atoms with Crippen LogP contribution in [0.3, 0.4) is 0 Å². The van der Waals surface area contributed by atoms with E-state index in [1.165, 1.54) is 25.7 Å². The summed E-state index contributed by atoms with van der Waals surface area (Å²) in [5.74, 6) is 2.42. The standard InChI is InChI=1S/C15H29NO/c1-11(2)13-5-7-15(8-6-13)14(12(3)4)16-9-10-17-15/h11-14,16H,5-10H2,1-4H3. The Hall–Kier alpha value is -0.0800. The molecule has 1 saturated carbocycles. The second-order valence-corrected chi connectivity index (χ2v) is 6.67. The molecule has 2 fully saturated rings. The van der Waals surface area contributed by atoms with Crippen molar-refractivity contribution in [2.75, 3.05) is 13.2 Å². The average molecular weight is 239 g/mol. The van der Waals surface area contributed by atoms with Crippen molar-refractivity contribution in [3.63, 3.8) is 0 Å². The van der Waals surface area contributed by atoms with Crippen molar-refractivity contribution in [3.05, 3.63) is 0 Å². The maximum Gasteiger partial charge on any atom is 0.0838 e. The SMILES string of the molecule is CC(C)C1CCC2(CC1)OCCNC2C(C)C. The summed E-state index contributed by atoms with van der Waals surface area (Å²) in [4.78, 5) is 0. The number of hydrogen-bond acceptors (Lipinski definition) is 2. The van der Waals surface area contributed by atoms with Gasteiger partial charge in [-0.3, -0.25) is 0 Å². The van der Waals surface area contributed by atoms with Gasteiger partial charge in [-0.25, -0.2) is 0 Å². The van der Waals surface area contributed by atoms with Crippen LogP contribution in [0.2, 0.25) is 0 Å². The molecule has 1 aliphatic heterocycles. The molecule has 2 rings (SSSR count). The average Bonchev–Trinajstić information content (AvgIpc) is 2.29. The van der Waals surface area contributed by atoms with E-state index in [-0.39, 0.29) is 5.60 Å². The minimum absolute atomic E-state index is 0.151. The lowest BCUT2D eigenvalue weighted by atomic mass is 9.69. The summed E-state index contributed by atoms with van der Waals surface area (Å²) in [5, 5.41) is 3.70. The Morgan fingerprint density at radius 3 is 2.24 bits per heavy atom. The molecule has 1 atom stereocenters. The molecule has 0 aromatic rings. The summed E-state index contributed by atoms with van der Waals surface area (Å²) in [6.45, 7) is 11.3. The van der Waals surface area contributed by atoms with Crippen LogP contribution < -0.4 is 5.32 Å². The van der Waals surface area contributed by atoms with Crippen molar-refractivity contribution in [2.45, 2.75) is 65.0 Å². The van der Waals surface area contributed by atoms with Gasteiger partial charge in [-0.05, 0) is 43.4 Å². The summed E-state index contributed by atoms with van der Waals surface area (Å²) in [5.41, 5.74) is 0.151. The normalized spacial score (nSPS) is 39.2. The van der Waals surface area contributed by atoms with Crippen LogP contribution in [-0.4, -0.2) is 24.8 Å². The van der Waals surface area contributed by atoms with Crippen LogP contribution in [0.4, 0.5) is 0 Å². The predicted molar refractivity (Wildman–Crippen MR) is 72.1 cm³/mol. The van der Waals surface area contributed by atoms with Gasteiger partial charge in [0.2, 0.25) is 0 Å². The molecule has 1 heterocycles. The summed E-state index contributed by atoms with van der Waals surface area (Å²) in [7, 11) is 0. The summed E-state index contributed by atoms with van der Waals surface area (Å²) in [6, 6.07) is 0.560. The van der Waals surface area contributed by atoms with E-state index >= 15 is 0 Å². The maximum atomic E-state index is 6.25. The van der Waals surface area contributed by atoms with Crippen molar-refractivity contribution in [1.29, 1.82) is 0 Å². The van der Waals surface area contributed by atoms with Gasteiger partial charge in [0.25, 0.3) is 0 Å². The van der Waals surface area contributed by atoms with Crippen molar-refractivity contribution in [3.8, 4) is 0 Å².